The van der Waals surface area contributed by atoms with Gasteiger partial charge in [-0.05, 0) is 19.1 Å². The lowest BCUT2D eigenvalue weighted by Crippen LogP contribution is -2.28. The third kappa shape index (κ3) is 3.57. The van der Waals surface area contributed by atoms with Gasteiger partial charge in [0.15, 0.2) is 0 Å². The van der Waals surface area contributed by atoms with Gasteiger partial charge in [0, 0.05) is 11.8 Å². The Labute approximate surface area is 126 Å². The van der Waals surface area contributed by atoms with E-state index in [4.69, 9.17) is 0 Å². The molecule has 0 atom stereocenters. The van der Waals surface area contributed by atoms with E-state index in [-0.39, 0.29) is 17.7 Å². The van der Waals surface area contributed by atoms with E-state index in [2.05, 4.69) is 15.0 Å². The van der Waals surface area contributed by atoms with Crippen LogP contribution in [0.4, 0.5) is 5.69 Å². The molecule has 0 unspecified atom stereocenters. The molecule has 0 bridgehead atoms. The van der Waals surface area contributed by atoms with Crippen LogP contribution >= 0.6 is 0 Å². The highest BCUT2D eigenvalue weighted by molar-refractivity contribution is 6.01. The SMILES string of the molecule is COC(=O)c1ccccc1NC(=O)Cn1cnc(C)cc1=O. The summed E-state index contributed by atoms with van der Waals surface area (Å²) >= 11 is 0. The zero-order valence-corrected chi connectivity index (χ0v) is 12.2. The molecule has 2 rings (SSSR count). The van der Waals surface area contributed by atoms with Crippen molar-refractivity contribution in [2.45, 2.75) is 13.5 Å². The Morgan fingerprint density at radius 2 is 2.05 bits per heavy atom. The molecule has 0 radical (unpaired) electrons. The Morgan fingerprint density at radius 3 is 2.73 bits per heavy atom. The van der Waals surface area contributed by atoms with Gasteiger partial charge in [-0.2, -0.15) is 0 Å². The highest BCUT2D eigenvalue weighted by Crippen LogP contribution is 2.15. The summed E-state index contributed by atoms with van der Waals surface area (Å²) in [6, 6.07) is 7.81. The molecular formula is C15H15N3O4. The molecule has 22 heavy (non-hydrogen) atoms. The zero-order valence-electron chi connectivity index (χ0n) is 12.2. The predicted octanol–water partition coefficient (Wildman–Crippen LogP) is 0.977. The zero-order chi connectivity index (χ0) is 16.1. The minimum atomic E-state index is -0.551. The Balaban J connectivity index is 2.16. The Kier molecular flexibility index (Phi) is 4.67. The number of ether oxygens (including phenoxy) is 1. The number of hydrogen-bond donors (Lipinski definition) is 1. The number of anilines is 1. The molecule has 0 fully saturated rings. The number of carbonyl (C=O) groups excluding carboxylic acids is 2. The van der Waals surface area contributed by atoms with Crippen LogP contribution in [0.25, 0.3) is 0 Å². The van der Waals surface area contributed by atoms with Crippen LogP contribution in [0.2, 0.25) is 0 Å². The van der Waals surface area contributed by atoms with Gasteiger partial charge in [-0.25, -0.2) is 9.78 Å². The monoisotopic (exact) mass is 301 g/mol. The van der Waals surface area contributed by atoms with Gasteiger partial charge >= 0.3 is 5.97 Å². The molecule has 0 spiro atoms. The second-order valence-corrected chi connectivity index (χ2v) is 4.58. The summed E-state index contributed by atoms with van der Waals surface area (Å²) in [6.45, 7) is 1.50. The van der Waals surface area contributed by atoms with E-state index in [1.807, 2.05) is 0 Å². The molecule has 0 aliphatic rings. The van der Waals surface area contributed by atoms with E-state index in [0.29, 0.717) is 11.4 Å². The van der Waals surface area contributed by atoms with Crippen molar-refractivity contribution in [1.82, 2.24) is 9.55 Å². The molecule has 0 aliphatic carbocycles. The minimum Gasteiger partial charge on any atom is -0.465 e. The molecular weight excluding hydrogens is 286 g/mol. The highest BCUT2D eigenvalue weighted by atomic mass is 16.5. The fraction of sp³-hybridized carbons (Fsp3) is 0.200. The molecule has 0 aliphatic heterocycles. The second kappa shape index (κ2) is 6.66. The maximum absolute atomic E-state index is 12.0. The van der Waals surface area contributed by atoms with Crippen molar-refractivity contribution in [3.05, 3.63) is 58.3 Å². The van der Waals surface area contributed by atoms with Crippen LogP contribution in [-0.4, -0.2) is 28.5 Å². The van der Waals surface area contributed by atoms with Gasteiger partial charge in [-0.3, -0.25) is 14.2 Å². The topological polar surface area (TPSA) is 90.3 Å². The van der Waals surface area contributed by atoms with E-state index in [1.165, 1.54) is 24.1 Å². The number of rotatable bonds is 4. The summed E-state index contributed by atoms with van der Waals surface area (Å²) in [7, 11) is 1.26. The second-order valence-electron chi connectivity index (χ2n) is 4.58. The summed E-state index contributed by atoms with van der Waals surface area (Å²) in [5, 5.41) is 2.59. The first-order valence-corrected chi connectivity index (χ1v) is 6.51. The van der Waals surface area contributed by atoms with Gasteiger partial charge in [0.1, 0.15) is 6.54 Å². The van der Waals surface area contributed by atoms with Gasteiger partial charge in [-0.15, -0.1) is 0 Å². The molecule has 7 heteroatoms. The van der Waals surface area contributed by atoms with Crippen molar-refractivity contribution < 1.29 is 14.3 Å². The van der Waals surface area contributed by atoms with Gasteiger partial charge in [0.25, 0.3) is 5.56 Å². The summed E-state index contributed by atoms with van der Waals surface area (Å²) in [5.41, 5.74) is 0.835. The number of hydrogen-bond acceptors (Lipinski definition) is 5. The average molecular weight is 301 g/mol. The fourth-order valence-corrected chi connectivity index (χ4v) is 1.86. The first kappa shape index (κ1) is 15.4. The molecule has 7 nitrogen and oxygen atoms in total. The van der Waals surface area contributed by atoms with Gasteiger partial charge in [0.2, 0.25) is 5.91 Å². The van der Waals surface area contributed by atoms with Crippen molar-refractivity contribution in [3.8, 4) is 0 Å². The molecule has 2 aromatic rings. The van der Waals surface area contributed by atoms with Gasteiger partial charge in [0.05, 0.1) is 24.7 Å². The number of aryl methyl sites for hydroxylation is 1. The predicted molar refractivity (Wildman–Crippen MR) is 79.6 cm³/mol. The number of amides is 1. The third-order valence-corrected chi connectivity index (χ3v) is 2.94. The number of para-hydroxylation sites is 1. The van der Waals surface area contributed by atoms with Crippen LogP contribution in [-0.2, 0) is 16.1 Å². The molecule has 1 N–H and O–H groups in total. The lowest BCUT2D eigenvalue weighted by atomic mass is 10.2. The van der Waals surface area contributed by atoms with Crippen LogP contribution in [0.3, 0.4) is 0 Å². The Hall–Kier alpha value is -2.96. The molecule has 114 valence electrons. The van der Waals surface area contributed by atoms with E-state index >= 15 is 0 Å². The molecule has 1 heterocycles. The summed E-state index contributed by atoms with van der Waals surface area (Å²) in [4.78, 5) is 39.3. The number of benzene rings is 1. The third-order valence-electron chi connectivity index (χ3n) is 2.94. The molecule has 1 aromatic heterocycles. The molecule has 1 amide bonds. The van der Waals surface area contributed by atoms with Crippen molar-refractivity contribution in [1.29, 1.82) is 0 Å². The average Bonchev–Trinajstić information content (AvgIpc) is 2.50. The lowest BCUT2D eigenvalue weighted by molar-refractivity contribution is -0.116. The number of carbonyl (C=O) groups is 2. The van der Waals surface area contributed by atoms with Crippen molar-refractivity contribution in [2.75, 3.05) is 12.4 Å². The van der Waals surface area contributed by atoms with E-state index in [0.717, 1.165) is 0 Å². The van der Waals surface area contributed by atoms with Crippen LogP contribution in [0.15, 0.2) is 41.5 Å². The van der Waals surface area contributed by atoms with Crippen molar-refractivity contribution in [2.24, 2.45) is 0 Å². The Morgan fingerprint density at radius 1 is 1.32 bits per heavy atom. The van der Waals surface area contributed by atoms with E-state index in [1.54, 1.807) is 31.2 Å². The van der Waals surface area contributed by atoms with E-state index < -0.39 is 11.9 Å². The number of methoxy groups -OCH3 is 1. The first-order valence-electron chi connectivity index (χ1n) is 6.51. The largest absolute Gasteiger partial charge is 0.465 e. The molecule has 0 saturated carbocycles. The summed E-state index contributed by atoms with van der Waals surface area (Å²) in [6.07, 6.45) is 1.31. The molecule has 1 aromatic carbocycles. The van der Waals surface area contributed by atoms with Gasteiger partial charge < -0.3 is 10.1 Å². The maximum atomic E-state index is 12.0. The summed E-state index contributed by atoms with van der Waals surface area (Å²) < 4.78 is 5.84. The number of nitrogens with zero attached hydrogens (tertiary/aromatic N) is 2. The van der Waals surface area contributed by atoms with Gasteiger partial charge in [-0.1, -0.05) is 12.1 Å². The van der Waals surface area contributed by atoms with Crippen LogP contribution in [0.1, 0.15) is 16.1 Å². The van der Waals surface area contributed by atoms with Crippen molar-refractivity contribution in [3.63, 3.8) is 0 Å². The normalized spacial score (nSPS) is 10.1. The van der Waals surface area contributed by atoms with E-state index in [9.17, 15) is 14.4 Å². The van der Waals surface area contributed by atoms with Crippen molar-refractivity contribution >= 4 is 17.6 Å². The van der Waals surface area contributed by atoms with Crippen LogP contribution < -0.4 is 10.9 Å². The maximum Gasteiger partial charge on any atom is 0.339 e. The number of aromatic nitrogens is 2. The summed E-state index contributed by atoms with van der Waals surface area (Å²) in [5.74, 6) is -0.992. The number of nitrogens with one attached hydrogen (secondary N) is 1. The minimum absolute atomic E-state index is 0.193. The van der Waals surface area contributed by atoms with Crippen LogP contribution in [0, 0.1) is 6.92 Å². The number of esters is 1. The van der Waals surface area contributed by atoms with Crippen LogP contribution in [0.5, 0.6) is 0 Å². The Bertz CT molecular complexity index is 767. The quantitative estimate of drug-likeness (QED) is 0.850. The lowest BCUT2D eigenvalue weighted by Gasteiger charge is -2.10. The fourth-order valence-electron chi connectivity index (χ4n) is 1.86. The standard InChI is InChI=1S/C15H15N3O4/c1-10-7-14(20)18(9-16-10)8-13(19)17-12-6-4-3-5-11(12)15(21)22-2/h3-7,9H,8H2,1-2H3,(H,17,19). The highest BCUT2D eigenvalue weighted by Gasteiger charge is 2.13. The first-order chi connectivity index (χ1) is 10.5. The smallest absolute Gasteiger partial charge is 0.339 e. The molecule has 0 saturated heterocycles.